The lowest BCUT2D eigenvalue weighted by molar-refractivity contribution is -0.135. The van der Waals surface area contributed by atoms with Crippen molar-refractivity contribution in [3.8, 4) is 0 Å². The normalized spacial score (nSPS) is 16.9. The van der Waals surface area contributed by atoms with E-state index in [2.05, 4.69) is 22.0 Å². The number of piperazine rings is 1. The first-order valence-corrected chi connectivity index (χ1v) is 7.52. The molecule has 2 amide bonds. The highest BCUT2D eigenvalue weighted by Gasteiger charge is 2.20. The van der Waals surface area contributed by atoms with E-state index in [4.69, 9.17) is 0 Å². The molecule has 0 aromatic carbocycles. The average molecular weight is 284 g/mol. The van der Waals surface area contributed by atoms with Gasteiger partial charge in [-0.15, -0.1) is 0 Å². The Kier molecular flexibility index (Phi) is 7.54. The van der Waals surface area contributed by atoms with Crippen molar-refractivity contribution in [2.75, 3.05) is 59.4 Å². The molecule has 0 aromatic rings. The van der Waals surface area contributed by atoms with Gasteiger partial charge in [0.2, 0.25) is 11.8 Å². The molecule has 0 bridgehead atoms. The van der Waals surface area contributed by atoms with Gasteiger partial charge in [0.25, 0.3) is 0 Å². The fourth-order valence-corrected chi connectivity index (χ4v) is 2.20. The van der Waals surface area contributed by atoms with Crippen LogP contribution in [0.2, 0.25) is 0 Å². The molecular weight excluding hydrogens is 256 g/mol. The second-order valence-electron chi connectivity index (χ2n) is 5.31. The first-order valence-electron chi connectivity index (χ1n) is 7.52. The molecule has 1 saturated heterocycles. The van der Waals surface area contributed by atoms with Gasteiger partial charge in [-0.3, -0.25) is 14.5 Å². The van der Waals surface area contributed by atoms with Gasteiger partial charge in [0.05, 0.1) is 13.1 Å². The van der Waals surface area contributed by atoms with E-state index >= 15 is 0 Å². The van der Waals surface area contributed by atoms with Gasteiger partial charge >= 0.3 is 0 Å². The van der Waals surface area contributed by atoms with Crippen LogP contribution in [0.15, 0.2) is 0 Å². The minimum absolute atomic E-state index is 0.0154. The van der Waals surface area contributed by atoms with Gasteiger partial charge in [-0.2, -0.15) is 0 Å². The Labute approximate surface area is 122 Å². The van der Waals surface area contributed by atoms with Gasteiger partial charge in [0.1, 0.15) is 0 Å². The first-order chi connectivity index (χ1) is 9.56. The lowest BCUT2D eigenvalue weighted by Gasteiger charge is -2.34. The number of hydrogen-bond acceptors (Lipinski definition) is 4. The minimum atomic E-state index is -0.0847. The Balaban J connectivity index is 2.26. The van der Waals surface area contributed by atoms with E-state index in [1.165, 1.54) is 4.90 Å². The molecule has 0 aliphatic carbocycles. The summed E-state index contributed by atoms with van der Waals surface area (Å²) in [5.41, 5.74) is 0. The van der Waals surface area contributed by atoms with Crippen LogP contribution in [-0.2, 0) is 9.59 Å². The largest absolute Gasteiger partial charge is 0.355 e. The molecule has 0 saturated carbocycles. The van der Waals surface area contributed by atoms with Gasteiger partial charge in [-0.05, 0) is 13.0 Å². The van der Waals surface area contributed by atoms with Crippen molar-refractivity contribution in [2.45, 2.75) is 20.3 Å². The van der Waals surface area contributed by atoms with E-state index in [0.717, 1.165) is 39.1 Å². The number of nitrogens with one attached hydrogen (secondary N) is 1. The first kappa shape index (κ1) is 16.9. The van der Waals surface area contributed by atoms with Gasteiger partial charge in [0, 0.05) is 39.8 Å². The molecule has 6 heteroatoms. The molecule has 6 nitrogen and oxygen atoms in total. The summed E-state index contributed by atoms with van der Waals surface area (Å²) in [5, 5.41) is 2.78. The summed E-state index contributed by atoms with van der Waals surface area (Å²) in [6.07, 6.45) is 0.908. The zero-order chi connectivity index (χ0) is 15.0. The summed E-state index contributed by atoms with van der Waals surface area (Å²) in [5.74, 6) is -0.0694. The number of rotatable bonds is 7. The Bertz CT molecular complexity index is 314. The van der Waals surface area contributed by atoms with Gasteiger partial charge < -0.3 is 15.1 Å². The Morgan fingerprint density at radius 1 is 1.10 bits per heavy atom. The summed E-state index contributed by atoms with van der Waals surface area (Å²) < 4.78 is 0. The highest BCUT2D eigenvalue weighted by molar-refractivity contribution is 5.85. The summed E-state index contributed by atoms with van der Waals surface area (Å²) >= 11 is 0. The highest BCUT2D eigenvalue weighted by atomic mass is 16.2. The quantitative estimate of drug-likeness (QED) is 0.692. The molecule has 0 aromatic heterocycles. The molecule has 1 heterocycles. The van der Waals surface area contributed by atoms with E-state index in [1.807, 2.05) is 6.92 Å². The number of amides is 2. The molecule has 0 spiro atoms. The number of likely N-dealkylation sites (N-methyl/N-ethyl adjacent to an activating group) is 2. The molecule has 1 rings (SSSR count). The molecular formula is C14H28N4O2. The predicted molar refractivity (Wildman–Crippen MR) is 79.5 cm³/mol. The second-order valence-corrected chi connectivity index (χ2v) is 5.31. The van der Waals surface area contributed by atoms with E-state index in [-0.39, 0.29) is 18.4 Å². The van der Waals surface area contributed by atoms with Crippen LogP contribution in [0.3, 0.4) is 0 Å². The van der Waals surface area contributed by atoms with Gasteiger partial charge in [-0.25, -0.2) is 0 Å². The number of nitrogens with zero attached hydrogens (tertiary/aromatic N) is 3. The summed E-state index contributed by atoms with van der Waals surface area (Å²) in [4.78, 5) is 29.7. The van der Waals surface area contributed by atoms with Crippen LogP contribution in [0, 0.1) is 0 Å². The lowest BCUT2D eigenvalue weighted by Crippen LogP contribution is -2.50. The maximum atomic E-state index is 12.1. The van der Waals surface area contributed by atoms with E-state index in [1.54, 1.807) is 7.05 Å². The molecule has 0 radical (unpaired) electrons. The Morgan fingerprint density at radius 2 is 1.70 bits per heavy atom. The van der Waals surface area contributed by atoms with Crippen LogP contribution in [0.5, 0.6) is 0 Å². The van der Waals surface area contributed by atoms with Crippen LogP contribution in [0.4, 0.5) is 0 Å². The SMILES string of the molecule is CCCNC(=O)CN(C)C(=O)CN1CCN(CC)CC1. The molecule has 20 heavy (non-hydrogen) atoms. The van der Waals surface area contributed by atoms with E-state index in [0.29, 0.717) is 13.1 Å². The maximum Gasteiger partial charge on any atom is 0.239 e. The monoisotopic (exact) mass is 284 g/mol. The smallest absolute Gasteiger partial charge is 0.239 e. The molecule has 0 unspecified atom stereocenters. The van der Waals surface area contributed by atoms with Crippen molar-refractivity contribution in [1.82, 2.24) is 20.0 Å². The van der Waals surface area contributed by atoms with E-state index in [9.17, 15) is 9.59 Å². The standard InChI is InChI=1S/C14H28N4O2/c1-4-6-15-13(19)11-16(3)14(20)12-18-9-7-17(5-2)8-10-18/h4-12H2,1-3H3,(H,15,19). The van der Waals surface area contributed by atoms with Crippen molar-refractivity contribution >= 4 is 11.8 Å². The molecule has 1 fully saturated rings. The number of carbonyl (C=O) groups excluding carboxylic acids is 2. The fraction of sp³-hybridized carbons (Fsp3) is 0.857. The van der Waals surface area contributed by atoms with Crippen molar-refractivity contribution in [2.24, 2.45) is 0 Å². The Hall–Kier alpha value is -1.14. The second kappa shape index (κ2) is 8.92. The third-order valence-electron chi connectivity index (χ3n) is 3.65. The number of hydrogen-bond donors (Lipinski definition) is 1. The number of carbonyl (C=O) groups is 2. The van der Waals surface area contributed by atoms with Crippen molar-refractivity contribution in [3.63, 3.8) is 0 Å². The highest BCUT2D eigenvalue weighted by Crippen LogP contribution is 2.01. The lowest BCUT2D eigenvalue weighted by atomic mass is 10.3. The third-order valence-corrected chi connectivity index (χ3v) is 3.65. The van der Waals surface area contributed by atoms with Gasteiger partial charge in [-0.1, -0.05) is 13.8 Å². The molecule has 116 valence electrons. The fourth-order valence-electron chi connectivity index (χ4n) is 2.20. The molecule has 1 aliphatic heterocycles. The van der Waals surface area contributed by atoms with Gasteiger partial charge in [0.15, 0.2) is 0 Å². The summed E-state index contributed by atoms with van der Waals surface area (Å²) in [7, 11) is 1.69. The Morgan fingerprint density at radius 3 is 2.25 bits per heavy atom. The van der Waals surface area contributed by atoms with Crippen molar-refractivity contribution in [3.05, 3.63) is 0 Å². The predicted octanol–water partition coefficient (Wildman–Crippen LogP) is -0.391. The summed E-state index contributed by atoms with van der Waals surface area (Å²) in [6, 6.07) is 0. The van der Waals surface area contributed by atoms with Crippen LogP contribution in [0.1, 0.15) is 20.3 Å². The average Bonchev–Trinajstić information content (AvgIpc) is 2.45. The van der Waals surface area contributed by atoms with E-state index < -0.39 is 0 Å². The van der Waals surface area contributed by atoms with Crippen molar-refractivity contribution < 1.29 is 9.59 Å². The molecule has 1 aliphatic rings. The topological polar surface area (TPSA) is 55.9 Å². The molecule has 1 N–H and O–H groups in total. The maximum absolute atomic E-state index is 12.1. The van der Waals surface area contributed by atoms with Crippen LogP contribution in [-0.4, -0.2) is 85.9 Å². The molecule has 0 atom stereocenters. The van der Waals surface area contributed by atoms with Crippen molar-refractivity contribution in [1.29, 1.82) is 0 Å². The zero-order valence-electron chi connectivity index (χ0n) is 13.0. The van der Waals surface area contributed by atoms with Crippen LogP contribution in [0.25, 0.3) is 0 Å². The van der Waals surface area contributed by atoms with Crippen LogP contribution < -0.4 is 5.32 Å². The zero-order valence-corrected chi connectivity index (χ0v) is 13.0. The summed E-state index contributed by atoms with van der Waals surface area (Å²) in [6.45, 7) is 10.3. The van der Waals surface area contributed by atoms with Crippen LogP contribution >= 0.6 is 0 Å². The third kappa shape index (κ3) is 5.88. The minimum Gasteiger partial charge on any atom is -0.355 e.